The Morgan fingerprint density at radius 2 is 1.93 bits per heavy atom. The van der Waals surface area contributed by atoms with Crippen molar-refractivity contribution in [3.63, 3.8) is 0 Å². The van der Waals surface area contributed by atoms with E-state index in [1.807, 2.05) is 47.0 Å². The van der Waals surface area contributed by atoms with E-state index >= 15 is 0 Å². The molecule has 8 nitrogen and oxygen atoms in total. The molecule has 9 heteroatoms. The number of benzene rings is 1. The Bertz CT molecular complexity index is 1250. The summed E-state index contributed by atoms with van der Waals surface area (Å²) < 4.78 is 6.96. The maximum absolute atomic E-state index is 12.0. The van der Waals surface area contributed by atoms with Crippen LogP contribution in [0.2, 0.25) is 0 Å². The van der Waals surface area contributed by atoms with Crippen molar-refractivity contribution in [3.8, 4) is 17.1 Å². The lowest BCUT2D eigenvalue weighted by Gasteiger charge is -2.13. The maximum atomic E-state index is 12.0. The van der Waals surface area contributed by atoms with Gasteiger partial charge in [-0.1, -0.05) is 12.1 Å². The number of carbonyl (C=O) groups is 1. The van der Waals surface area contributed by atoms with Crippen molar-refractivity contribution in [3.05, 3.63) is 60.3 Å². The van der Waals surface area contributed by atoms with Gasteiger partial charge in [0.1, 0.15) is 23.8 Å². The molecule has 5 rings (SSSR count). The number of anilines is 2. The fourth-order valence-electron chi connectivity index (χ4n) is 3.47. The zero-order valence-electron chi connectivity index (χ0n) is 15.8. The molecule has 3 aromatic heterocycles. The molecule has 30 heavy (non-hydrogen) atoms. The molecule has 4 aromatic rings. The molecule has 1 aromatic carbocycles. The largest absolute Gasteiger partial charge is 0.447 e. The van der Waals surface area contributed by atoms with E-state index in [-0.39, 0.29) is 0 Å². The number of rotatable bonds is 4. The Kier molecular flexibility index (Phi) is 4.48. The number of hydrogen-bond acceptors (Lipinski definition) is 6. The summed E-state index contributed by atoms with van der Waals surface area (Å²) in [7, 11) is 0. The third-order valence-electron chi connectivity index (χ3n) is 4.96. The van der Waals surface area contributed by atoms with Crippen molar-refractivity contribution in [2.45, 2.75) is 5.88 Å². The fourth-order valence-corrected chi connectivity index (χ4v) is 3.64. The standard InChI is InChI=1S/C21H17ClN6O2/c22-12-13-3-5-14(6-4-13)28-19(15-2-1-9-24-18(15)23)25-16-7-8-17(26-20(16)28)27-10-11-30-21(27)29/h1-9H,10-12H2,(H2,23,24). The zero-order valence-corrected chi connectivity index (χ0v) is 16.6. The second-order valence-electron chi connectivity index (χ2n) is 6.79. The molecule has 4 heterocycles. The number of halogens is 1. The Balaban J connectivity index is 1.76. The first-order chi connectivity index (χ1) is 14.7. The van der Waals surface area contributed by atoms with Crippen LogP contribution in [-0.4, -0.2) is 38.8 Å². The van der Waals surface area contributed by atoms with E-state index in [0.717, 1.165) is 11.3 Å². The first-order valence-electron chi connectivity index (χ1n) is 9.35. The van der Waals surface area contributed by atoms with E-state index in [4.69, 9.17) is 32.0 Å². The van der Waals surface area contributed by atoms with Gasteiger partial charge in [0.15, 0.2) is 11.5 Å². The Labute approximate surface area is 176 Å². The number of cyclic esters (lactones) is 1. The van der Waals surface area contributed by atoms with Gasteiger partial charge in [0, 0.05) is 17.8 Å². The fraction of sp³-hybridized carbons (Fsp3) is 0.143. The molecule has 0 spiro atoms. The van der Waals surface area contributed by atoms with Crippen molar-refractivity contribution >= 4 is 40.5 Å². The lowest BCUT2D eigenvalue weighted by atomic mass is 10.2. The van der Waals surface area contributed by atoms with Crippen molar-refractivity contribution in [1.82, 2.24) is 19.5 Å². The summed E-state index contributed by atoms with van der Waals surface area (Å²) in [5, 5.41) is 0. The van der Waals surface area contributed by atoms with Crippen LogP contribution in [0, 0.1) is 0 Å². The molecule has 0 saturated carbocycles. The monoisotopic (exact) mass is 420 g/mol. The van der Waals surface area contributed by atoms with Gasteiger partial charge in [0.2, 0.25) is 0 Å². The van der Waals surface area contributed by atoms with Gasteiger partial charge < -0.3 is 10.5 Å². The highest BCUT2D eigenvalue weighted by Crippen LogP contribution is 2.31. The van der Waals surface area contributed by atoms with Crippen LogP contribution in [-0.2, 0) is 10.6 Å². The summed E-state index contributed by atoms with van der Waals surface area (Å²) in [6.45, 7) is 0.799. The number of nitrogens with two attached hydrogens (primary N) is 1. The van der Waals surface area contributed by atoms with Gasteiger partial charge >= 0.3 is 6.09 Å². The Morgan fingerprint density at radius 1 is 1.10 bits per heavy atom. The van der Waals surface area contributed by atoms with Gasteiger partial charge in [-0.15, -0.1) is 11.6 Å². The van der Waals surface area contributed by atoms with E-state index in [2.05, 4.69) is 4.98 Å². The minimum Gasteiger partial charge on any atom is -0.447 e. The second-order valence-corrected chi connectivity index (χ2v) is 7.05. The number of alkyl halides is 1. The minimum absolute atomic E-state index is 0.342. The lowest BCUT2D eigenvalue weighted by molar-refractivity contribution is 0.181. The molecular formula is C21H17ClN6O2. The topological polar surface area (TPSA) is 99.2 Å². The quantitative estimate of drug-likeness (QED) is 0.504. The minimum atomic E-state index is -0.406. The van der Waals surface area contributed by atoms with Crippen LogP contribution < -0.4 is 10.6 Å². The van der Waals surface area contributed by atoms with Crippen LogP contribution in [0.15, 0.2) is 54.7 Å². The number of hydrogen-bond donors (Lipinski definition) is 1. The highest BCUT2D eigenvalue weighted by Gasteiger charge is 2.26. The Morgan fingerprint density at radius 3 is 2.63 bits per heavy atom. The van der Waals surface area contributed by atoms with E-state index < -0.39 is 6.09 Å². The average Bonchev–Trinajstić information content (AvgIpc) is 3.37. The van der Waals surface area contributed by atoms with Crippen molar-refractivity contribution in [1.29, 1.82) is 0 Å². The second kappa shape index (κ2) is 7.31. The maximum Gasteiger partial charge on any atom is 0.415 e. The first-order valence-corrected chi connectivity index (χ1v) is 9.89. The molecule has 1 fully saturated rings. The van der Waals surface area contributed by atoms with Crippen LogP contribution in [0.4, 0.5) is 16.4 Å². The van der Waals surface area contributed by atoms with Gasteiger partial charge in [-0.2, -0.15) is 0 Å². The highest BCUT2D eigenvalue weighted by atomic mass is 35.5. The molecule has 1 amide bonds. The van der Waals surface area contributed by atoms with Crippen LogP contribution >= 0.6 is 11.6 Å². The van der Waals surface area contributed by atoms with E-state index in [1.165, 1.54) is 4.90 Å². The molecule has 1 aliphatic heterocycles. The number of ether oxygens (including phenoxy) is 1. The molecule has 1 aliphatic rings. The third kappa shape index (κ3) is 3.02. The average molecular weight is 421 g/mol. The number of pyridine rings is 2. The number of fused-ring (bicyclic) bond motifs is 1. The summed E-state index contributed by atoms with van der Waals surface area (Å²) in [4.78, 5) is 27.2. The van der Waals surface area contributed by atoms with Crippen molar-refractivity contribution in [2.24, 2.45) is 0 Å². The number of imidazole rings is 1. The zero-order chi connectivity index (χ0) is 20.7. The summed E-state index contributed by atoms with van der Waals surface area (Å²) in [5.41, 5.74) is 9.96. The van der Waals surface area contributed by atoms with Gasteiger partial charge in [0.25, 0.3) is 0 Å². The van der Waals surface area contributed by atoms with Crippen molar-refractivity contribution in [2.75, 3.05) is 23.8 Å². The highest BCUT2D eigenvalue weighted by molar-refractivity contribution is 6.17. The molecule has 0 radical (unpaired) electrons. The number of nitrogen functional groups attached to an aromatic ring is 1. The molecule has 1 saturated heterocycles. The number of carbonyl (C=O) groups excluding carboxylic acids is 1. The molecule has 0 atom stereocenters. The van der Waals surface area contributed by atoms with Crippen molar-refractivity contribution < 1.29 is 9.53 Å². The lowest BCUT2D eigenvalue weighted by Crippen LogP contribution is -2.24. The van der Waals surface area contributed by atoms with Gasteiger partial charge in [0.05, 0.1) is 12.1 Å². The summed E-state index contributed by atoms with van der Waals surface area (Å²) in [5.74, 6) is 1.92. The van der Waals surface area contributed by atoms with Crippen LogP contribution in [0.3, 0.4) is 0 Å². The molecule has 0 bridgehead atoms. The number of amides is 1. The van der Waals surface area contributed by atoms with Crippen LogP contribution in [0.5, 0.6) is 0 Å². The van der Waals surface area contributed by atoms with E-state index in [9.17, 15) is 4.79 Å². The molecule has 0 unspecified atom stereocenters. The molecule has 2 N–H and O–H groups in total. The predicted molar refractivity (Wildman–Crippen MR) is 115 cm³/mol. The molecule has 150 valence electrons. The van der Waals surface area contributed by atoms with Gasteiger partial charge in [-0.3, -0.25) is 9.47 Å². The van der Waals surface area contributed by atoms with Gasteiger partial charge in [-0.05, 0) is 42.0 Å². The number of nitrogens with zero attached hydrogens (tertiary/aromatic N) is 5. The summed E-state index contributed by atoms with van der Waals surface area (Å²) in [6, 6.07) is 15.1. The normalized spacial score (nSPS) is 13.8. The third-order valence-corrected chi connectivity index (χ3v) is 5.26. The number of aromatic nitrogens is 4. The van der Waals surface area contributed by atoms with E-state index in [0.29, 0.717) is 53.2 Å². The molecule has 0 aliphatic carbocycles. The summed E-state index contributed by atoms with van der Waals surface area (Å²) >= 11 is 5.95. The smallest absolute Gasteiger partial charge is 0.415 e. The van der Waals surface area contributed by atoms with Crippen LogP contribution in [0.1, 0.15) is 5.56 Å². The summed E-state index contributed by atoms with van der Waals surface area (Å²) in [6.07, 6.45) is 1.23. The van der Waals surface area contributed by atoms with Crippen LogP contribution in [0.25, 0.3) is 28.2 Å². The van der Waals surface area contributed by atoms with Gasteiger partial charge in [-0.25, -0.2) is 19.7 Å². The predicted octanol–water partition coefficient (Wildman–Crippen LogP) is 3.76. The SMILES string of the molecule is Nc1ncccc1-c1nc2ccc(N3CCOC3=O)nc2n1-c1ccc(CCl)cc1. The molecular weight excluding hydrogens is 404 g/mol. The van der Waals surface area contributed by atoms with E-state index in [1.54, 1.807) is 12.3 Å². The first kappa shape index (κ1) is 18.4. The Hall–Kier alpha value is -3.65.